The van der Waals surface area contributed by atoms with Crippen LogP contribution in [0.2, 0.25) is 0 Å². The van der Waals surface area contributed by atoms with Crippen LogP contribution >= 0.6 is 0 Å². The fourth-order valence-electron chi connectivity index (χ4n) is 2.42. The van der Waals surface area contributed by atoms with Crippen molar-refractivity contribution in [2.75, 3.05) is 5.73 Å². The number of hydrogen-bond acceptors (Lipinski definition) is 4. The monoisotopic (exact) mass is 251 g/mol. The lowest BCUT2D eigenvalue weighted by molar-refractivity contribution is 0.0367. The van der Waals surface area contributed by atoms with E-state index in [1.54, 1.807) is 6.92 Å². The normalized spacial score (nSPS) is 25.1. The average Bonchev–Trinajstić information content (AvgIpc) is 2.65. The lowest BCUT2D eigenvalue weighted by Gasteiger charge is -2.38. The first-order chi connectivity index (χ1) is 8.50. The predicted molar refractivity (Wildman–Crippen MR) is 69.8 cm³/mol. The van der Waals surface area contributed by atoms with Gasteiger partial charge in [-0.2, -0.15) is 5.10 Å². The van der Waals surface area contributed by atoms with Crippen LogP contribution < -0.4 is 11.2 Å². The fraction of sp³-hybridized carbons (Fsp3) is 0.667. The first-order valence-electron chi connectivity index (χ1n) is 6.40. The van der Waals surface area contributed by atoms with Crippen molar-refractivity contribution in [3.63, 3.8) is 0 Å². The zero-order valence-corrected chi connectivity index (χ0v) is 11.2. The Morgan fingerprint density at radius 3 is 2.56 bits per heavy atom. The van der Waals surface area contributed by atoms with Crippen LogP contribution in [0.5, 0.6) is 0 Å². The number of hydrogen-bond donors (Lipinski definition) is 3. The molecular formula is C12H21N5O. The summed E-state index contributed by atoms with van der Waals surface area (Å²) in [4.78, 5) is 12.1. The van der Waals surface area contributed by atoms with Gasteiger partial charge in [0.1, 0.15) is 0 Å². The van der Waals surface area contributed by atoms with E-state index in [-0.39, 0.29) is 11.6 Å². The van der Waals surface area contributed by atoms with E-state index in [0.717, 1.165) is 18.5 Å². The minimum Gasteiger partial charge on any atom is -0.395 e. The van der Waals surface area contributed by atoms with Gasteiger partial charge in [0, 0.05) is 12.1 Å². The molecule has 1 fully saturated rings. The molecular weight excluding hydrogens is 230 g/mol. The minimum absolute atomic E-state index is 0.238. The Kier molecular flexibility index (Phi) is 3.56. The quantitative estimate of drug-likeness (QED) is 0.737. The highest BCUT2D eigenvalue weighted by molar-refractivity contribution is 5.97. The first-order valence-corrected chi connectivity index (χ1v) is 6.40. The number of amides is 1. The molecule has 0 saturated carbocycles. The third kappa shape index (κ3) is 2.33. The number of rotatable bonds is 2. The van der Waals surface area contributed by atoms with Gasteiger partial charge < -0.3 is 5.73 Å². The van der Waals surface area contributed by atoms with Gasteiger partial charge in [0.2, 0.25) is 0 Å². The van der Waals surface area contributed by atoms with Gasteiger partial charge in [-0.25, -0.2) is 5.01 Å². The van der Waals surface area contributed by atoms with Gasteiger partial charge in [0.25, 0.3) is 5.91 Å². The maximum absolute atomic E-state index is 12.1. The number of H-pyrrole nitrogens is 1. The Morgan fingerprint density at radius 1 is 1.44 bits per heavy atom. The maximum atomic E-state index is 12.1. The molecule has 1 saturated heterocycles. The molecule has 1 aromatic heterocycles. The van der Waals surface area contributed by atoms with Gasteiger partial charge in [-0.3, -0.25) is 15.3 Å². The zero-order chi connectivity index (χ0) is 13.3. The highest BCUT2D eigenvalue weighted by atomic mass is 16.2. The standard InChI is InChI=1S/C12H21N5O/c1-7-5-4-6-8(2)17(7)16-12(18)11-10(13)9(3)14-15-11/h7-8H,4-6,13H2,1-3H3,(H,14,15)(H,16,18). The Bertz CT molecular complexity index is 432. The molecule has 1 amide bonds. The van der Waals surface area contributed by atoms with E-state index in [4.69, 9.17) is 5.73 Å². The summed E-state index contributed by atoms with van der Waals surface area (Å²) in [6.45, 7) is 6.04. The van der Waals surface area contributed by atoms with Crippen LogP contribution in [-0.2, 0) is 0 Å². The summed E-state index contributed by atoms with van der Waals surface area (Å²) < 4.78 is 0. The number of nitrogens with one attached hydrogen (secondary N) is 2. The van der Waals surface area contributed by atoms with Gasteiger partial charge in [0.05, 0.1) is 11.4 Å². The van der Waals surface area contributed by atoms with Crippen molar-refractivity contribution in [1.82, 2.24) is 20.6 Å². The van der Waals surface area contributed by atoms with E-state index >= 15 is 0 Å². The largest absolute Gasteiger partial charge is 0.395 e. The number of nitrogen functional groups attached to an aromatic ring is 1. The molecule has 6 heteroatoms. The number of carbonyl (C=O) groups is 1. The second kappa shape index (κ2) is 4.97. The van der Waals surface area contributed by atoms with Crippen LogP contribution in [0, 0.1) is 6.92 Å². The molecule has 0 spiro atoms. The average molecular weight is 251 g/mol. The highest BCUT2D eigenvalue weighted by Gasteiger charge is 2.27. The molecule has 2 unspecified atom stereocenters. The fourth-order valence-corrected chi connectivity index (χ4v) is 2.42. The number of aromatic nitrogens is 2. The van der Waals surface area contributed by atoms with Crippen molar-refractivity contribution in [3.05, 3.63) is 11.4 Å². The third-order valence-electron chi connectivity index (χ3n) is 3.63. The van der Waals surface area contributed by atoms with E-state index in [1.807, 2.05) is 5.01 Å². The Hall–Kier alpha value is -1.56. The van der Waals surface area contributed by atoms with Crippen molar-refractivity contribution in [3.8, 4) is 0 Å². The lowest BCUT2D eigenvalue weighted by atomic mass is 10.00. The van der Waals surface area contributed by atoms with Crippen molar-refractivity contribution >= 4 is 11.6 Å². The third-order valence-corrected chi connectivity index (χ3v) is 3.63. The number of aromatic amines is 1. The van der Waals surface area contributed by atoms with Gasteiger partial charge in [0.15, 0.2) is 5.69 Å². The summed E-state index contributed by atoms with van der Waals surface area (Å²) >= 11 is 0. The molecule has 2 atom stereocenters. The summed E-state index contributed by atoms with van der Waals surface area (Å²) in [5.74, 6) is -0.238. The van der Waals surface area contributed by atoms with Crippen LogP contribution in [0.4, 0.5) is 5.69 Å². The first kappa shape index (κ1) is 12.9. The van der Waals surface area contributed by atoms with Crippen LogP contribution in [0.1, 0.15) is 49.3 Å². The molecule has 0 aliphatic carbocycles. The van der Waals surface area contributed by atoms with E-state index in [0.29, 0.717) is 17.8 Å². The topological polar surface area (TPSA) is 87.0 Å². The Labute approximate surface area is 107 Å². The Balaban J connectivity index is 2.09. The smallest absolute Gasteiger partial charge is 0.288 e. The molecule has 4 N–H and O–H groups in total. The zero-order valence-electron chi connectivity index (χ0n) is 11.2. The van der Waals surface area contributed by atoms with E-state index in [2.05, 4.69) is 29.5 Å². The molecule has 0 aromatic carbocycles. The van der Waals surface area contributed by atoms with E-state index in [1.165, 1.54) is 6.42 Å². The SMILES string of the molecule is Cc1[nH]nc(C(=O)NN2C(C)CCCC2C)c1N. The number of carbonyl (C=O) groups excluding carboxylic acids is 1. The minimum atomic E-state index is -0.238. The van der Waals surface area contributed by atoms with Crippen LogP contribution in [0.25, 0.3) is 0 Å². The van der Waals surface area contributed by atoms with Gasteiger partial charge in [-0.15, -0.1) is 0 Å². The molecule has 1 aliphatic heterocycles. The number of nitrogens with zero attached hydrogens (tertiary/aromatic N) is 2. The van der Waals surface area contributed by atoms with E-state index in [9.17, 15) is 4.79 Å². The van der Waals surface area contributed by atoms with Crippen molar-refractivity contribution in [1.29, 1.82) is 0 Å². The van der Waals surface area contributed by atoms with Crippen molar-refractivity contribution in [2.24, 2.45) is 0 Å². The van der Waals surface area contributed by atoms with Crippen LogP contribution in [0.15, 0.2) is 0 Å². The number of piperidine rings is 1. The Morgan fingerprint density at radius 2 is 2.06 bits per heavy atom. The summed E-state index contributed by atoms with van der Waals surface area (Å²) in [5.41, 5.74) is 10.1. The van der Waals surface area contributed by atoms with Gasteiger partial charge in [-0.05, 0) is 33.6 Å². The van der Waals surface area contributed by atoms with Gasteiger partial charge >= 0.3 is 0 Å². The molecule has 1 aromatic rings. The summed E-state index contributed by atoms with van der Waals surface area (Å²) in [7, 11) is 0. The molecule has 2 heterocycles. The van der Waals surface area contributed by atoms with Crippen LogP contribution in [-0.4, -0.2) is 33.2 Å². The maximum Gasteiger partial charge on any atom is 0.288 e. The molecule has 6 nitrogen and oxygen atoms in total. The molecule has 0 bridgehead atoms. The number of hydrazine groups is 1. The summed E-state index contributed by atoms with van der Waals surface area (Å²) in [6, 6.07) is 0.693. The summed E-state index contributed by atoms with van der Waals surface area (Å²) in [6.07, 6.45) is 3.40. The van der Waals surface area contributed by atoms with Crippen molar-refractivity contribution in [2.45, 2.75) is 52.1 Å². The van der Waals surface area contributed by atoms with Gasteiger partial charge in [-0.1, -0.05) is 6.42 Å². The second-order valence-electron chi connectivity index (χ2n) is 5.09. The molecule has 1 aliphatic rings. The van der Waals surface area contributed by atoms with Crippen LogP contribution in [0.3, 0.4) is 0 Å². The predicted octanol–water partition coefficient (Wildman–Crippen LogP) is 1.21. The molecule has 0 radical (unpaired) electrons. The van der Waals surface area contributed by atoms with E-state index < -0.39 is 0 Å². The number of anilines is 1. The second-order valence-corrected chi connectivity index (χ2v) is 5.09. The number of aryl methyl sites for hydroxylation is 1. The molecule has 100 valence electrons. The molecule has 2 rings (SSSR count). The summed E-state index contributed by atoms with van der Waals surface area (Å²) in [5, 5.41) is 8.67. The highest BCUT2D eigenvalue weighted by Crippen LogP contribution is 2.21. The van der Waals surface area contributed by atoms with Crippen molar-refractivity contribution < 1.29 is 4.79 Å². The molecule has 18 heavy (non-hydrogen) atoms. The number of nitrogens with two attached hydrogens (primary N) is 1. The lowest BCUT2D eigenvalue weighted by Crippen LogP contribution is -2.54.